The predicted molar refractivity (Wildman–Crippen MR) is 111 cm³/mol. The maximum atomic E-state index is 5.97. The van der Waals surface area contributed by atoms with Crippen molar-refractivity contribution in [3.05, 3.63) is 107 Å². The van der Waals surface area contributed by atoms with E-state index < -0.39 is 0 Å². The highest BCUT2D eigenvalue weighted by molar-refractivity contribution is 6.30. The molecule has 0 radical (unpaired) electrons. The van der Waals surface area contributed by atoms with E-state index in [4.69, 9.17) is 23.2 Å². The van der Waals surface area contributed by atoms with Crippen LogP contribution >= 0.6 is 23.2 Å². The van der Waals surface area contributed by atoms with Crippen LogP contribution in [0.4, 0.5) is 11.4 Å². The molecule has 0 aromatic heterocycles. The van der Waals surface area contributed by atoms with Crippen molar-refractivity contribution in [3.8, 4) is 0 Å². The molecule has 2 aromatic rings. The lowest BCUT2D eigenvalue weighted by molar-refractivity contribution is -0.354. The van der Waals surface area contributed by atoms with Gasteiger partial charge >= 0.3 is 0 Å². The number of halogens is 2. The van der Waals surface area contributed by atoms with Gasteiger partial charge in [-0.3, -0.25) is 0 Å². The molecule has 2 nitrogen and oxygen atoms in total. The molecule has 1 aliphatic rings. The number of hydrogen-bond acceptors (Lipinski definition) is 0. The molecule has 0 unspecified atom stereocenters. The first-order valence-corrected chi connectivity index (χ1v) is 8.92. The Morgan fingerprint density at radius 1 is 0.462 bits per heavy atom. The average molecular weight is 381 g/mol. The lowest BCUT2D eigenvalue weighted by Crippen LogP contribution is -1.98. The SMILES string of the molecule is Clc1ccc([N+]2=C\C=C/C=C/[N+](c3ccc(Cl)cc3)=C/C=C/C=C\2)cc1. The van der Waals surface area contributed by atoms with Gasteiger partial charge < -0.3 is 0 Å². The van der Waals surface area contributed by atoms with Crippen LogP contribution in [-0.4, -0.2) is 21.6 Å². The van der Waals surface area contributed by atoms with Gasteiger partial charge in [-0.25, -0.2) is 0 Å². The smallest absolute Gasteiger partial charge is 0.167 e. The van der Waals surface area contributed by atoms with E-state index in [1.165, 1.54) is 0 Å². The number of benzene rings is 2. The Kier molecular flexibility index (Phi) is 6.37. The van der Waals surface area contributed by atoms with Gasteiger partial charge in [-0.2, -0.15) is 9.15 Å². The molecule has 128 valence electrons. The van der Waals surface area contributed by atoms with Crippen LogP contribution in [0.15, 0.2) is 97.4 Å². The molecule has 0 bridgehead atoms. The summed E-state index contributed by atoms with van der Waals surface area (Å²) >= 11 is 11.9. The fraction of sp³-hybridized carbons (Fsp3) is 0. The number of allylic oxidation sites excluding steroid dienone is 6. The monoisotopic (exact) mass is 380 g/mol. The van der Waals surface area contributed by atoms with Crippen LogP contribution in [0.25, 0.3) is 0 Å². The van der Waals surface area contributed by atoms with Gasteiger partial charge in [0, 0.05) is 58.6 Å². The van der Waals surface area contributed by atoms with Crippen molar-refractivity contribution in [1.82, 2.24) is 0 Å². The summed E-state index contributed by atoms with van der Waals surface area (Å²) in [5.74, 6) is 0. The highest BCUT2D eigenvalue weighted by Crippen LogP contribution is 2.17. The highest BCUT2D eigenvalue weighted by atomic mass is 35.5. The van der Waals surface area contributed by atoms with Gasteiger partial charge in [0.15, 0.2) is 24.8 Å². The minimum Gasteiger partial charge on any atom is -0.167 e. The van der Waals surface area contributed by atoms with Gasteiger partial charge in [-0.15, -0.1) is 0 Å². The second-order valence-corrected chi connectivity index (χ2v) is 6.39. The van der Waals surface area contributed by atoms with E-state index in [2.05, 4.69) is 0 Å². The van der Waals surface area contributed by atoms with E-state index >= 15 is 0 Å². The zero-order chi connectivity index (χ0) is 18.2. The van der Waals surface area contributed by atoms with Crippen LogP contribution < -0.4 is 0 Å². The van der Waals surface area contributed by atoms with Crippen LogP contribution in [0.2, 0.25) is 10.0 Å². The molecule has 1 aliphatic heterocycles. The van der Waals surface area contributed by atoms with Crippen LogP contribution in [0.5, 0.6) is 0 Å². The summed E-state index contributed by atoms with van der Waals surface area (Å²) in [6, 6.07) is 15.5. The minimum absolute atomic E-state index is 0.724. The van der Waals surface area contributed by atoms with Crippen molar-refractivity contribution >= 4 is 47.0 Å². The van der Waals surface area contributed by atoms with Crippen molar-refractivity contribution in [2.24, 2.45) is 0 Å². The van der Waals surface area contributed by atoms with E-state index in [0.717, 1.165) is 21.4 Å². The van der Waals surface area contributed by atoms with Gasteiger partial charge in [0.05, 0.1) is 0 Å². The molecule has 0 spiro atoms. The molecule has 0 aliphatic carbocycles. The van der Waals surface area contributed by atoms with E-state index in [1.807, 2.05) is 119 Å². The third-order valence-electron chi connectivity index (χ3n) is 3.68. The lowest BCUT2D eigenvalue weighted by Gasteiger charge is -1.97. The molecule has 0 saturated carbocycles. The summed E-state index contributed by atoms with van der Waals surface area (Å²) in [7, 11) is 0. The van der Waals surface area contributed by atoms with E-state index in [0.29, 0.717) is 0 Å². The molecule has 0 N–H and O–H groups in total. The molecular formula is C22H18Cl2N2+2. The molecule has 0 fully saturated rings. The van der Waals surface area contributed by atoms with Gasteiger partial charge in [0.25, 0.3) is 0 Å². The number of rotatable bonds is 2. The Morgan fingerprint density at radius 3 is 1.23 bits per heavy atom. The highest BCUT2D eigenvalue weighted by Gasteiger charge is 2.06. The first-order valence-electron chi connectivity index (χ1n) is 8.17. The Morgan fingerprint density at radius 2 is 0.846 bits per heavy atom. The molecule has 2 aromatic carbocycles. The minimum atomic E-state index is 0.724. The molecule has 0 amide bonds. The average Bonchev–Trinajstić information content (AvgIpc) is 2.64. The third kappa shape index (κ3) is 5.16. The van der Waals surface area contributed by atoms with Crippen molar-refractivity contribution in [1.29, 1.82) is 0 Å². The quantitative estimate of drug-likeness (QED) is 0.541. The van der Waals surface area contributed by atoms with Gasteiger partial charge in [0.2, 0.25) is 11.4 Å². The molecular weight excluding hydrogens is 363 g/mol. The van der Waals surface area contributed by atoms with Crippen molar-refractivity contribution in [2.75, 3.05) is 0 Å². The van der Waals surface area contributed by atoms with Crippen molar-refractivity contribution in [3.63, 3.8) is 0 Å². The van der Waals surface area contributed by atoms with E-state index in [-0.39, 0.29) is 0 Å². The Hall–Kier alpha value is -2.68. The number of nitrogens with zero attached hydrogens (tertiary/aromatic N) is 2. The van der Waals surface area contributed by atoms with Crippen LogP contribution in [0.1, 0.15) is 0 Å². The summed E-state index contributed by atoms with van der Waals surface area (Å²) in [6.07, 6.45) is 19.9. The zero-order valence-corrected chi connectivity index (χ0v) is 15.6. The molecule has 4 heteroatoms. The first-order chi connectivity index (χ1) is 12.7. The third-order valence-corrected chi connectivity index (χ3v) is 4.18. The summed E-state index contributed by atoms with van der Waals surface area (Å²) in [5, 5.41) is 1.45. The fourth-order valence-electron chi connectivity index (χ4n) is 2.37. The topological polar surface area (TPSA) is 6.02 Å². The second-order valence-electron chi connectivity index (χ2n) is 5.52. The largest absolute Gasteiger partial charge is 0.210 e. The van der Waals surface area contributed by atoms with E-state index in [9.17, 15) is 0 Å². The first kappa shape index (κ1) is 18.1. The van der Waals surface area contributed by atoms with Crippen molar-refractivity contribution < 1.29 is 9.15 Å². The number of hydrogen-bond donors (Lipinski definition) is 0. The maximum Gasteiger partial charge on any atom is 0.210 e. The van der Waals surface area contributed by atoms with E-state index in [1.54, 1.807) is 0 Å². The van der Waals surface area contributed by atoms with Crippen LogP contribution in [0, 0.1) is 0 Å². The van der Waals surface area contributed by atoms with Gasteiger partial charge in [0.1, 0.15) is 0 Å². The molecule has 0 atom stereocenters. The summed E-state index contributed by atoms with van der Waals surface area (Å²) in [4.78, 5) is 0. The summed E-state index contributed by atoms with van der Waals surface area (Å²) in [6.45, 7) is 0. The standard InChI is InChI=1S/C22H18Cl2N2/c23-19-7-11-21(12-8-19)25-15-3-1-4-16-26(18-6-2-5-17-25)22-13-9-20(24)10-14-22/h1-18H/q+2/b3-1-,4-1?,5-2?,6-2+,15-3?,16-4+,17-5-,18-6?,25-15-,25-17?,26-16?,26-18-. The fourth-order valence-corrected chi connectivity index (χ4v) is 2.62. The Balaban J connectivity index is 1.87. The maximum absolute atomic E-state index is 5.97. The van der Waals surface area contributed by atoms with Crippen LogP contribution in [0.3, 0.4) is 0 Å². The lowest BCUT2D eigenvalue weighted by atomic mass is 10.3. The normalized spacial score (nSPS) is 23.3. The summed E-state index contributed by atoms with van der Waals surface area (Å²) in [5.41, 5.74) is 2.08. The van der Waals surface area contributed by atoms with Gasteiger partial charge in [-0.1, -0.05) is 35.4 Å². The summed E-state index contributed by atoms with van der Waals surface area (Å²) < 4.78 is 4.06. The molecule has 3 rings (SSSR count). The predicted octanol–water partition coefficient (Wildman–Crippen LogP) is 6.28. The van der Waals surface area contributed by atoms with Crippen molar-refractivity contribution in [2.45, 2.75) is 0 Å². The Labute approximate surface area is 163 Å². The van der Waals surface area contributed by atoms with Crippen LogP contribution in [-0.2, 0) is 0 Å². The zero-order valence-electron chi connectivity index (χ0n) is 14.0. The Bertz CT molecular complexity index is 850. The molecule has 1 heterocycles. The molecule has 26 heavy (non-hydrogen) atoms. The molecule has 0 saturated heterocycles. The van der Waals surface area contributed by atoms with Gasteiger partial charge in [-0.05, 0) is 24.3 Å². The second kappa shape index (κ2) is 9.14.